The fourth-order valence-corrected chi connectivity index (χ4v) is 1.76. The van der Waals surface area contributed by atoms with Crippen molar-refractivity contribution in [1.82, 2.24) is 4.90 Å². The first-order valence-electron chi connectivity index (χ1n) is 5.76. The van der Waals surface area contributed by atoms with E-state index in [1.54, 1.807) is 0 Å². The summed E-state index contributed by atoms with van der Waals surface area (Å²) in [5.74, 6) is -0.212. The largest absolute Gasteiger partial charge is 0.460 e. The lowest BCUT2D eigenvalue weighted by atomic mass is 10.2. The minimum absolute atomic E-state index is 0.212. The Morgan fingerprint density at radius 1 is 1.47 bits per heavy atom. The van der Waals surface area contributed by atoms with Gasteiger partial charge in [0.2, 0.25) is 0 Å². The van der Waals surface area contributed by atoms with Gasteiger partial charge in [-0.15, -0.1) is 0 Å². The molecule has 1 aliphatic rings. The molecular weight excluding hydrogens is 218 g/mol. The first-order chi connectivity index (χ1) is 8.27. The second-order valence-electron chi connectivity index (χ2n) is 4.16. The van der Waals surface area contributed by atoms with Crippen molar-refractivity contribution in [3.05, 3.63) is 35.9 Å². The van der Waals surface area contributed by atoms with Gasteiger partial charge in [0, 0.05) is 6.54 Å². The van der Waals surface area contributed by atoms with Gasteiger partial charge >= 0.3 is 5.97 Å². The predicted molar refractivity (Wildman–Crippen MR) is 63.5 cm³/mol. The van der Waals surface area contributed by atoms with E-state index in [9.17, 15) is 4.79 Å². The van der Waals surface area contributed by atoms with Crippen molar-refractivity contribution in [2.24, 2.45) is 0 Å². The minimum atomic E-state index is -0.271. The summed E-state index contributed by atoms with van der Waals surface area (Å²) in [5.41, 5.74) is 1.00. The Balaban J connectivity index is 1.84. The molecule has 0 radical (unpaired) electrons. The molecule has 92 valence electrons. The van der Waals surface area contributed by atoms with Crippen molar-refractivity contribution in [1.29, 1.82) is 0 Å². The van der Waals surface area contributed by atoms with Crippen LogP contribution in [0.4, 0.5) is 0 Å². The maximum atomic E-state index is 11.8. The van der Waals surface area contributed by atoms with Crippen LogP contribution in [0.1, 0.15) is 5.56 Å². The van der Waals surface area contributed by atoms with E-state index in [0.717, 1.165) is 12.1 Å². The second kappa shape index (κ2) is 5.80. The Morgan fingerprint density at radius 2 is 2.24 bits per heavy atom. The molecule has 1 aliphatic heterocycles. The number of esters is 1. The number of carbonyl (C=O) groups is 1. The number of hydrogen-bond acceptors (Lipinski definition) is 4. The number of hydrogen-bond donors (Lipinski definition) is 0. The van der Waals surface area contributed by atoms with Gasteiger partial charge in [0.05, 0.1) is 13.2 Å². The van der Waals surface area contributed by atoms with Crippen LogP contribution in [0.3, 0.4) is 0 Å². The first kappa shape index (κ1) is 12.1. The molecule has 0 amide bonds. The molecular formula is C13H17NO3. The summed E-state index contributed by atoms with van der Waals surface area (Å²) in [6.45, 7) is 2.19. The molecule has 0 bridgehead atoms. The van der Waals surface area contributed by atoms with Crippen LogP contribution in [0.2, 0.25) is 0 Å². The van der Waals surface area contributed by atoms with Crippen LogP contribution in [-0.4, -0.2) is 43.7 Å². The van der Waals surface area contributed by atoms with Crippen molar-refractivity contribution < 1.29 is 14.3 Å². The lowest BCUT2D eigenvalue weighted by molar-refractivity contribution is -0.156. The Hall–Kier alpha value is -1.39. The smallest absolute Gasteiger partial charge is 0.326 e. The van der Waals surface area contributed by atoms with Gasteiger partial charge in [0.15, 0.2) is 0 Å². The summed E-state index contributed by atoms with van der Waals surface area (Å²) in [6, 6.07) is 9.40. The molecule has 0 spiro atoms. The zero-order chi connectivity index (χ0) is 12.1. The summed E-state index contributed by atoms with van der Waals surface area (Å²) in [5, 5.41) is 0. The zero-order valence-electron chi connectivity index (χ0n) is 9.96. The molecule has 0 saturated carbocycles. The van der Waals surface area contributed by atoms with E-state index in [-0.39, 0.29) is 12.0 Å². The third-order valence-electron chi connectivity index (χ3n) is 2.89. The van der Waals surface area contributed by atoms with Crippen molar-refractivity contribution in [2.45, 2.75) is 12.6 Å². The van der Waals surface area contributed by atoms with Gasteiger partial charge in [-0.2, -0.15) is 0 Å². The number of rotatable bonds is 3. The first-order valence-corrected chi connectivity index (χ1v) is 5.76. The summed E-state index contributed by atoms with van der Waals surface area (Å²) < 4.78 is 10.6. The molecule has 4 heteroatoms. The predicted octanol–water partition coefficient (Wildman–Crippen LogP) is 1.06. The maximum Gasteiger partial charge on any atom is 0.326 e. The molecule has 0 aromatic heterocycles. The molecule has 1 unspecified atom stereocenters. The SMILES string of the molecule is CN1CCOCC1C(=O)OCc1ccccc1. The maximum absolute atomic E-state index is 11.8. The number of carbonyl (C=O) groups excluding carboxylic acids is 1. The highest BCUT2D eigenvalue weighted by Crippen LogP contribution is 2.08. The number of morpholine rings is 1. The molecule has 1 saturated heterocycles. The molecule has 1 heterocycles. The van der Waals surface area contributed by atoms with Gasteiger partial charge in [0.1, 0.15) is 12.6 Å². The molecule has 17 heavy (non-hydrogen) atoms. The highest BCUT2D eigenvalue weighted by atomic mass is 16.5. The van der Waals surface area contributed by atoms with E-state index in [2.05, 4.69) is 0 Å². The lowest BCUT2D eigenvalue weighted by Crippen LogP contribution is -2.48. The molecule has 4 nitrogen and oxygen atoms in total. The topological polar surface area (TPSA) is 38.8 Å². The Bertz CT molecular complexity index is 366. The van der Waals surface area contributed by atoms with Crippen molar-refractivity contribution in [3.63, 3.8) is 0 Å². The molecule has 1 atom stereocenters. The van der Waals surface area contributed by atoms with Crippen LogP contribution in [0.15, 0.2) is 30.3 Å². The number of ether oxygens (including phenoxy) is 2. The molecule has 0 aliphatic carbocycles. The van der Waals surface area contributed by atoms with Crippen molar-refractivity contribution in [3.8, 4) is 0 Å². The number of nitrogens with zero attached hydrogens (tertiary/aromatic N) is 1. The molecule has 1 aromatic rings. The van der Waals surface area contributed by atoms with Crippen molar-refractivity contribution >= 4 is 5.97 Å². The number of likely N-dealkylation sites (N-methyl/N-ethyl adjacent to an activating group) is 1. The fraction of sp³-hybridized carbons (Fsp3) is 0.462. The summed E-state index contributed by atoms with van der Waals surface area (Å²) in [6.07, 6.45) is 0. The molecule has 1 fully saturated rings. The van der Waals surface area contributed by atoms with E-state index in [4.69, 9.17) is 9.47 Å². The van der Waals surface area contributed by atoms with Crippen LogP contribution in [0.25, 0.3) is 0 Å². The summed E-state index contributed by atoms with van der Waals surface area (Å²) in [7, 11) is 1.91. The van der Waals surface area contributed by atoms with Gasteiger partial charge < -0.3 is 9.47 Å². The highest BCUT2D eigenvalue weighted by molar-refractivity contribution is 5.76. The number of benzene rings is 1. The normalized spacial score (nSPS) is 21.1. The van der Waals surface area contributed by atoms with E-state index in [1.807, 2.05) is 42.3 Å². The van der Waals surface area contributed by atoms with Crippen LogP contribution in [-0.2, 0) is 20.9 Å². The van der Waals surface area contributed by atoms with Crippen LogP contribution in [0, 0.1) is 0 Å². The third-order valence-corrected chi connectivity index (χ3v) is 2.89. The van der Waals surface area contributed by atoms with E-state index in [0.29, 0.717) is 19.8 Å². The van der Waals surface area contributed by atoms with Crippen LogP contribution >= 0.6 is 0 Å². The van der Waals surface area contributed by atoms with Crippen LogP contribution < -0.4 is 0 Å². The van der Waals surface area contributed by atoms with E-state index in [1.165, 1.54) is 0 Å². The standard InChI is InChI=1S/C13H17NO3/c1-14-7-8-16-10-12(14)13(15)17-9-11-5-3-2-4-6-11/h2-6,12H,7-10H2,1H3. The van der Waals surface area contributed by atoms with E-state index >= 15 is 0 Å². The Labute approximate surface area is 101 Å². The van der Waals surface area contributed by atoms with Gasteiger partial charge in [0.25, 0.3) is 0 Å². The van der Waals surface area contributed by atoms with Gasteiger partial charge in [-0.3, -0.25) is 9.69 Å². The molecule has 2 rings (SSSR count). The van der Waals surface area contributed by atoms with Crippen LogP contribution in [0.5, 0.6) is 0 Å². The average Bonchev–Trinajstić information content (AvgIpc) is 2.38. The average molecular weight is 235 g/mol. The second-order valence-corrected chi connectivity index (χ2v) is 4.16. The fourth-order valence-electron chi connectivity index (χ4n) is 1.76. The Kier molecular flexibility index (Phi) is 4.12. The van der Waals surface area contributed by atoms with Crippen molar-refractivity contribution in [2.75, 3.05) is 26.8 Å². The lowest BCUT2D eigenvalue weighted by Gasteiger charge is -2.30. The van der Waals surface area contributed by atoms with Gasteiger partial charge in [-0.05, 0) is 12.6 Å². The van der Waals surface area contributed by atoms with E-state index < -0.39 is 0 Å². The monoisotopic (exact) mass is 235 g/mol. The highest BCUT2D eigenvalue weighted by Gasteiger charge is 2.27. The molecule has 0 N–H and O–H groups in total. The zero-order valence-corrected chi connectivity index (χ0v) is 9.96. The third kappa shape index (κ3) is 3.28. The summed E-state index contributed by atoms with van der Waals surface area (Å²) >= 11 is 0. The quantitative estimate of drug-likeness (QED) is 0.734. The molecule has 1 aromatic carbocycles. The van der Waals surface area contributed by atoms with Gasteiger partial charge in [-0.1, -0.05) is 30.3 Å². The minimum Gasteiger partial charge on any atom is -0.460 e. The summed E-state index contributed by atoms with van der Waals surface area (Å²) in [4.78, 5) is 13.8. The van der Waals surface area contributed by atoms with Gasteiger partial charge in [-0.25, -0.2) is 0 Å². The Morgan fingerprint density at radius 3 is 2.94 bits per heavy atom.